The van der Waals surface area contributed by atoms with E-state index in [0.717, 1.165) is 6.42 Å². The Balaban J connectivity index is 2.13. The predicted octanol–water partition coefficient (Wildman–Crippen LogP) is 2.65. The number of aromatic nitrogens is 2. The molecule has 0 fully saturated rings. The Kier molecular flexibility index (Phi) is 6.11. The van der Waals surface area contributed by atoms with Crippen LogP contribution in [0.4, 0.5) is 0 Å². The second kappa shape index (κ2) is 8.28. The van der Waals surface area contributed by atoms with Crippen molar-refractivity contribution >= 4 is 17.9 Å². The molecule has 1 aromatic heterocycles. The molecule has 1 atom stereocenters. The first-order valence-corrected chi connectivity index (χ1v) is 8.15. The van der Waals surface area contributed by atoms with Crippen LogP contribution in [0.5, 0.6) is 0 Å². The Hall–Kier alpha value is -3.16. The van der Waals surface area contributed by atoms with Crippen LogP contribution < -0.4 is 0 Å². The average molecular weight is 360 g/mol. The van der Waals surface area contributed by atoms with Crippen molar-refractivity contribution in [3.05, 3.63) is 53.1 Å². The van der Waals surface area contributed by atoms with Gasteiger partial charge in [0, 0.05) is 6.42 Å². The van der Waals surface area contributed by atoms with Crippen molar-refractivity contribution in [2.45, 2.75) is 32.7 Å². The second-order valence-corrected chi connectivity index (χ2v) is 5.82. The van der Waals surface area contributed by atoms with E-state index in [1.807, 2.05) is 6.92 Å². The van der Waals surface area contributed by atoms with Gasteiger partial charge in [-0.3, -0.25) is 0 Å². The highest BCUT2D eigenvalue weighted by Gasteiger charge is 2.21. The molecule has 0 aliphatic heterocycles. The summed E-state index contributed by atoms with van der Waals surface area (Å²) >= 11 is 0. The highest BCUT2D eigenvalue weighted by molar-refractivity contribution is 5.94. The molecule has 8 heteroatoms. The first-order valence-electron chi connectivity index (χ1n) is 8.15. The van der Waals surface area contributed by atoms with Crippen LogP contribution in [0.2, 0.25) is 0 Å². The zero-order chi connectivity index (χ0) is 19.3. The molecule has 8 nitrogen and oxygen atoms in total. The summed E-state index contributed by atoms with van der Waals surface area (Å²) < 4.78 is 6.79. The fourth-order valence-corrected chi connectivity index (χ4v) is 2.59. The lowest BCUT2D eigenvalue weighted by Crippen LogP contribution is -2.21. The number of imidazole rings is 1. The van der Waals surface area contributed by atoms with Crippen LogP contribution in [-0.2, 0) is 11.2 Å². The van der Waals surface area contributed by atoms with Gasteiger partial charge in [-0.1, -0.05) is 13.0 Å². The Morgan fingerprint density at radius 1 is 1.19 bits per heavy atom. The first kappa shape index (κ1) is 19.2. The minimum absolute atomic E-state index is 0.0134. The minimum Gasteiger partial charge on any atom is -0.478 e. The third-order valence-electron chi connectivity index (χ3n) is 3.81. The normalized spacial score (nSPS) is 11.8. The molecule has 2 rings (SSSR count). The largest absolute Gasteiger partial charge is 0.478 e. The maximum atomic E-state index is 12.2. The topological polar surface area (TPSA) is 119 Å². The summed E-state index contributed by atoms with van der Waals surface area (Å²) in [5, 5.41) is 18.3. The zero-order valence-corrected chi connectivity index (χ0v) is 14.5. The van der Waals surface area contributed by atoms with Gasteiger partial charge in [0.25, 0.3) is 0 Å². The van der Waals surface area contributed by atoms with Crippen LogP contribution in [0, 0.1) is 0 Å². The third kappa shape index (κ3) is 4.27. The molecule has 2 N–H and O–H groups in total. The predicted molar refractivity (Wildman–Crippen MR) is 91.6 cm³/mol. The molecular weight excluding hydrogens is 340 g/mol. The lowest BCUT2D eigenvalue weighted by molar-refractivity contribution is 0.0451. The Morgan fingerprint density at radius 3 is 2.50 bits per heavy atom. The zero-order valence-electron chi connectivity index (χ0n) is 14.5. The van der Waals surface area contributed by atoms with Crippen molar-refractivity contribution in [1.29, 1.82) is 0 Å². The van der Waals surface area contributed by atoms with E-state index < -0.39 is 23.9 Å². The lowest BCUT2D eigenvalue weighted by atomic mass is 10.1. The molecule has 1 heterocycles. The monoisotopic (exact) mass is 360 g/mol. The molecule has 1 unspecified atom stereocenters. The number of benzene rings is 1. The van der Waals surface area contributed by atoms with E-state index in [9.17, 15) is 19.5 Å². The Labute approximate surface area is 150 Å². The van der Waals surface area contributed by atoms with E-state index in [1.165, 1.54) is 30.5 Å². The van der Waals surface area contributed by atoms with Gasteiger partial charge in [-0.15, -0.1) is 0 Å². The van der Waals surface area contributed by atoms with Crippen LogP contribution >= 0.6 is 0 Å². The maximum Gasteiger partial charge on any atom is 0.354 e. The number of nitrogens with zero attached hydrogens (tertiary/aromatic N) is 2. The maximum absolute atomic E-state index is 12.2. The van der Waals surface area contributed by atoms with E-state index in [1.54, 1.807) is 11.5 Å². The van der Waals surface area contributed by atoms with E-state index in [-0.39, 0.29) is 23.4 Å². The number of hydrogen-bond donors (Lipinski definition) is 2. The summed E-state index contributed by atoms with van der Waals surface area (Å²) in [6.45, 7) is 3.62. The van der Waals surface area contributed by atoms with Crippen molar-refractivity contribution in [2.24, 2.45) is 0 Å². The molecule has 0 radical (unpaired) electrons. The van der Waals surface area contributed by atoms with Gasteiger partial charge in [0.05, 0.1) is 23.4 Å². The van der Waals surface area contributed by atoms with Crippen molar-refractivity contribution < 1.29 is 29.3 Å². The molecule has 0 bridgehead atoms. The van der Waals surface area contributed by atoms with Gasteiger partial charge >= 0.3 is 17.9 Å². The number of ether oxygens (including phenoxy) is 1. The van der Waals surface area contributed by atoms with Crippen LogP contribution in [0.3, 0.4) is 0 Å². The number of hydrogen-bond acceptors (Lipinski definition) is 5. The van der Waals surface area contributed by atoms with Gasteiger partial charge in [0.1, 0.15) is 18.1 Å². The third-order valence-corrected chi connectivity index (χ3v) is 3.81. The molecule has 0 saturated carbocycles. The van der Waals surface area contributed by atoms with Crippen LogP contribution in [-0.4, -0.2) is 44.3 Å². The van der Waals surface area contributed by atoms with E-state index in [0.29, 0.717) is 12.2 Å². The van der Waals surface area contributed by atoms with Gasteiger partial charge in [0.15, 0.2) is 0 Å². The molecule has 0 saturated heterocycles. The number of carbonyl (C=O) groups excluding carboxylic acids is 1. The van der Waals surface area contributed by atoms with Gasteiger partial charge in [-0.25, -0.2) is 19.4 Å². The molecule has 26 heavy (non-hydrogen) atoms. The highest BCUT2D eigenvalue weighted by Crippen LogP contribution is 2.17. The van der Waals surface area contributed by atoms with Gasteiger partial charge in [0.2, 0.25) is 0 Å². The standard InChI is InChI=1S/C18H20N2O6/c1-3-5-15-19-9-14(17(23)24)20(15)11(2)10-26-18(25)13-7-4-6-12(8-13)16(21)22/h4,6-9,11H,3,5,10H2,1-2H3,(H,21,22)(H,23,24). The fraction of sp³-hybridized carbons (Fsp3) is 0.333. The summed E-state index contributed by atoms with van der Waals surface area (Å²) in [5.41, 5.74) is 0.139. The first-order chi connectivity index (χ1) is 12.3. The molecule has 138 valence electrons. The number of rotatable bonds is 8. The SMILES string of the molecule is CCCc1ncc(C(=O)O)n1C(C)COC(=O)c1cccc(C(=O)O)c1. The van der Waals surface area contributed by atoms with Gasteiger partial charge in [-0.2, -0.15) is 0 Å². The van der Waals surface area contributed by atoms with E-state index in [2.05, 4.69) is 4.98 Å². The quantitative estimate of drug-likeness (QED) is 0.695. The van der Waals surface area contributed by atoms with Crippen LogP contribution in [0.15, 0.2) is 30.5 Å². The summed E-state index contributed by atoms with van der Waals surface area (Å²) in [5.74, 6) is -2.30. The number of carboxylic acid groups (broad SMARTS) is 2. The van der Waals surface area contributed by atoms with Crippen LogP contribution in [0.25, 0.3) is 0 Å². The minimum atomic E-state index is -1.14. The number of esters is 1. The molecule has 0 aliphatic carbocycles. The summed E-state index contributed by atoms with van der Waals surface area (Å²) in [6.07, 6.45) is 2.69. The fourth-order valence-electron chi connectivity index (χ4n) is 2.59. The number of carbonyl (C=O) groups is 3. The molecule has 0 amide bonds. The summed E-state index contributed by atoms with van der Waals surface area (Å²) in [6, 6.07) is 5.10. The molecule has 0 aliphatic rings. The van der Waals surface area contributed by atoms with Gasteiger partial charge < -0.3 is 19.5 Å². The summed E-state index contributed by atoms with van der Waals surface area (Å²) in [7, 11) is 0. The molecule has 0 spiro atoms. The average Bonchev–Trinajstić information content (AvgIpc) is 3.04. The number of aryl methyl sites for hydroxylation is 1. The number of carboxylic acids is 2. The highest BCUT2D eigenvalue weighted by atomic mass is 16.5. The Morgan fingerprint density at radius 2 is 1.88 bits per heavy atom. The van der Waals surface area contributed by atoms with Crippen molar-refractivity contribution in [2.75, 3.05) is 6.61 Å². The number of aromatic carboxylic acids is 2. The molecule has 2 aromatic rings. The van der Waals surface area contributed by atoms with Crippen LogP contribution in [0.1, 0.15) is 63.3 Å². The second-order valence-electron chi connectivity index (χ2n) is 5.82. The van der Waals surface area contributed by atoms with E-state index in [4.69, 9.17) is 9.84 Å². The smallest absolute Gasteiger partial charge is 0.354 e. The lowest BCUT2D eigenvalue weighted by Gasteiger charge is -2.18. The van der Waals surface area contributed by atoms with E-state index >= 15 is 0 Å². The van der Waals surface area contributed by atoms with Crippen molar-refractivity contribution in [1.82, 2.24) is 9.55 Å². The Bertz CT molecular complexity index is 827. The molecular formula is C18H20N2O6. The summed E-state index contributed by atoms with van der Waals surface area (Å²) in [4.78, 5) is 38.7. The van der Waals surface area contributed by atoms with Crippen molar-refractivity contribution in [3.63, 3.8) is 0 Å². The van der Waals surface area contributed by atoms with Crippen molar-refractivity contribution in [3.8, 4) is 0 Å². The molecule has 1 aromatic carbocycles. The van der Waals surface area contributed by atoms with Gasteiger partial charge in [-0.05, 0) is 31.5 Å².